The van der Waals surface area contributed by atoms with Crippen molar-refractivity contribution in [3.63, 3.8) is 0 Å². The molecule has 2 N–H and O–H groups in total. The van der Waals surface area contributed by atoms with Crippen molar-refractivity contribution >= 4 is 10.8 Å². The predicted molar refractivity (Wildman–Crippen MR) is 72.7 cm³/mol. The Labute approximate surface area is 106 Å². The highest BCUT2D eigenvalue weighted by Gasteiger charge is 1.90. The Morgan fingerprint density at radius 1 is 1.12 bits per heavy atom. The van der Waals surface area contributed by atoms with Crippen LogP contribution in [0.15, 0.2) is 24.3 Å². The lowest BCUT2D eigenvalue weighted by atomic mass is 10.2. The number of phenolic OH excluding ortho intramolecular Hbond substituents is 1. The highest BCUT2D eigenvalue weighted by molar-refractivity contribution is 7.84. The molecule has 0 saturated carbocycles. The van der Waals surface area contributed by atoms with Gasteiger partial charge in [-0.05, 0) is 31.9 Å². The van der Waals surface area contributed by atoms with Crippen molar-refractivity contribution in [1.29, 1.82) is 0 Å². The van der Waals surface area contributed by atoms with Gasteiger partial charge in [-0.1, -0.05) is 24.1 Å². The van der Waals surface area contributed by atoms with Crippen molar-refractivity contribution in [2.75, 3.05) is 18.6 Å². The van der Waals surface area contributed by atoms with E-state index >= 15 is 0 Å². The average Bonchev–Trinajstić information content (AvgIpc) is 2.29. The van der Waals surface area contributed by atoms with Gasteiger partial charge in [0.1, 0.15) is 5.75 Å². The molecule has 1 aromatic rings. The summed E-state index contributed by atoms with van der Waals surface area (Å²) in [5.74, 6) is 1.11. The lowest BCUT2D eigenvalue weighted by Gasteiger charge is -1.94. The fourth-order valence-corrected chi connectivity index (χ4v) is 1.75. The summed E-state index contributed by atoms with van der Waals surface area (Å²) in [6.07, 6.45) is 4.52. The maximum Gasteiger partial charge on any atom is 0.115 e. The molecule has 1 atom stereocenters. The zero-order valence-corrected chi connectivity index (χ0v) is 11.4. The largest absolute Gasteiger partial charge is 0.508 e. The minimum absolute atomic E-state index is 0.260. The van der Waals surface area contributed by atoms with E-state index in [9.17, 15) is 4.21 Å². The second-order valence-electron chi connectivity index (χ2n) is 3.90. The first-order chi connectivity index (χ1) is 8.06. The molecule has 98 valence electrons. The molecule has 0 fully saturated rings. The van der Waals surface area contributed by atoms with Crippen molar-refractivity contribution in [2.45, 2.75) is 26.2 Å². The first-order valence-electron chi connectivity index (χ1n) is 5.72. The molecule has 4 heteroatoms. The molecule has 0 heterocycles. The van der Waals surface area contributed by atoms with Crippen molar-refractivity contribution in [1.82, 2.24) is 0 Å². The molecule has 3 nitrogen and oxygen atoms in total. The molecule has 0 radical (unpaired) electrons. The molecule has 1 unspecified atom stereocenters. The number of phenols is 1. The van der Waals surface area contributed by atoms with Crippen molar-refractivity contribution in [2.24, 2.45) is 0 Å². The Morgan fingerprint density at radius 2 is 1.71 bits per heavy atom. The minimum Gasteiger partial charge on any atom is -0.508 e. The smallest absolute Gasteiger partial charge is 0.115 e. The predicted octanol–water partition coefficient (Wildman–Crippen LogP) is 2.23. The van der Waals surface area contributed by atoms with Crippen LogP contribution >= 0.6 is 0 Å². The van der Waals surface area contributed by atoms with E-state index in [1.807, 2.05) is 19.1 Å². The number of rotatable bonds is 5. The van der Waals surface area contributed by atoms with Crippen LogP contribution in [0.4, 0.5) is 0 Å². The second-order valence-corrected chi connectivity index (χ2v) is 5.45. The van der Waals surface area contributed by atoms with Crippen LogP contribution < -0.4 is 0 Å². The van der Waals surface area contributed by atoms with Gasteiger partial charge >= 0.3 is 0 Å². The van der Waals surface area contributed by atoms with Gasteiger partial charge in [0, 0.05) is 29.4 Å². The lowest BCUT2D eigenvalue weighted by Crippen LogP contribution is -1.94. The molecule has 0 aromatic heterocycles. The molecular weight excluding hydrogens is 236 g/mol. The van der Waals surface area contributed by atoms with Gasteiger partial charge in [-0.2, -0.15) is 0 Å². The molecule has 0 aliphatic carbocycles. The zero-order valence-electron chi connectivity index (χ0n) is 10.6. The summed E-state index contributed by atoms with van der Waals surface area (Å²) >= 11 is 0. The zero-order chi connectivity index (χ0) is 13.1. The number of aryl methyl sites for hydroxylation is 1. The molecule has 1 aromatic carbocycles. The Kier molecular flexibility index (Phi) is 9.77. The minimum atomic E-state index is -0.651. The van der Waals surface area contributed by atoms with Gasteiger partial charge in [-0.3, -0.25) is 4.21 Å². The number of hydrogen-bond donors (Lipinski definition) is 2. The normalized spacial score (nSPS) is 11.5. The Hall–Kier alpha value is -0.870. The Bertz CT molecular complexity index is 288. The summed E-state index contributed by atoms with van der Waals surface area (Å²) in [7, 11) is -0.651. The second kappa shape index (κ2) is 10.3. The third-order valence-electron chi connectivity index (χ3n) is 2.12. The summed E-state index contributed by atoms with van der Waals surface area (Å²) in [6, 6.07) is 7.09. The summed E-state index contributed by atoms with van der Waals surface area (Å²) in [5.41, 5.74) is 1.17. The number of aliphatic hydroxyl groups is 1. The molecule has 0 spiro atoms. The fraction of sp³-hybridized carbons (Fsp3) is 0.538. The molecular formula is C13H22O3S. The van der Waals surface area contributed by atoms with E-state index in [1.54, 1.807) is 18.4 Å². The van der Waals surface area contributed by atoms with E-state index in [4.69, 9.17) is 10.2 Å². The van der Waals surface area contributed by atoms with Crippen LogP contribution in [-0.2, 0) is 10.8 Å². The van der Waals surface area contributed by atoms with Crippen LogP contribution in [-0.4, -0.2) is 33.0 Å². The van der Waals surface area contributed by atoms with Crippen LogP contribution in [0.25, 0.3) is 0 Å². The Morgan fingerprint density at radius 3 is 2.12 bits per heavy atom. The van der Waals surface area contributed by atoms with E-state index in [0.29, 0.717) is 5.75 Å². The standard InChI is InChI=1S/C7H8O.C6H14O2S/c1-6-2-4-7(8)5-3-6;1-9(8)6-4-2-3-5-7/h2-5,8H,1H3;7H,2-6H2,1H3. The molecule has 1 rings (SSSR count). The van der Waals surface area contributed by atoms with Gasteiger partial charge in [0.05, 0.1) is 0 Å². The summed E-state index contributed by atoms with van der Waals surface area (Å²) < 4.78 is 10.5. The quantitative estimate of drug-likeness (QED) is 0.796. The van der Waals surface area contributed by atoms with Gasteiger partial charge in [0.25, 0.3) is 0 Å². The monoisotopic (exact) mass is 258 g/mol. The van der Waals surface area contributed by atoms with E-state index in [2.05, 4.69) is 0 Å². The SMILES string of the molecule is CS(=O)CCCCCO.Cc1ccc(O)cc1. The first kappa shape index (κ1) is 16.1. The summed E-state index contributed by atoms with van der Waals surface area (Å²) in [4.78, 5) is 0. The number of hydrogen-bond acceptors (Lipinski definition) is 3. The average molecular weight is 258 g/mol. The van der Waals surface area contributed by atoms with Crippen LogP contribution in [0.3, 0.4) is 0 Å². The first-order valence-corrected chi connectivity index (χ1v) is 7.45. The molecule has 0 aliphatic heterocycles. The van der Waals surface area contributed by atoms with Crippen molar-refractivity contribution in [3.05, 3.63) is 29.8 Å². The molecule has 0 bridgehead atoms. The van der Waals surface area contributed by atoms with E-state index in [0.717, 1.165) is 25.0 Å². The van der Waals surface area contributed by atoms with Gasteiger partial charge in [-0.25, -0.2) is 0 Å². The number of unbranched alkanes of at least 4 members (excludes halogenated alkanes) is 2. The Balaban J connectivity index is 0.000000302. The molecule has 0 saturated heterocycles. The van der Waals surface area contributed by atoms with Gasteiger partial charge in [0.2, 0.25) is 0 Å². The van der Waals surface area contributed by atoms with Gasteiger partial charge in [-0.15, -0.1) is 0 Å². The van der Waals surface area contributed by atoms with E-state index in [-0.39, 0.29) is 6.61 Å². The van der Waals surface area contributed by atoms with Gasteiger partial charge < -0.3 is 10.2 Å². The van der Waals surface area contributed by atoms with Crippen molar-refractivity contribution in [3.8, 4) is 5.75 Å². The van der Waals surface area contributed by atoms with Crippen LogP contribution in [0.1, 0.15) is 24.8 Å². The lowest BCUT2D eigenvalue weighted by molar-refractivity contribution is 0.284. The summed E-state index contributed by atoms with van der Waals surface area (Å²) in [6.45, 7) is 2.25. The number of aromatic hydroxyl groups is 1. The third kappa shape index (κ3) is 11.4. The van der Waals surface area contributed by atoms with Crippen molar-refractivity contribution < 1.29 is 14.4 Å². The molecule has 17 heavy (non-hydrogen) atoms. The third-order valence-corrected chi connectivity index (χ3v) is 2.99. The van der Waals surface area contributed by atoms with Gasteiger partial charge in [0.15, 0.2) is 0 Å². The van der Waals surface area contributed by atoms with Crippen LogP contribution in [0.2, 0.25) is 0 Å². The maximum atomic E-state index is 10.5. The maximum absolute atomic E-state index is 10.5. The topological polar surface area (TPSA) is 57.5 Å². The van der Waals surface area contributed by atoms with E-state index < -0.39 is 10.8 Å². The fourth-order valence-electron chi connectivity index (χ4n) is 1.14. The number of benzene rings is 1. The van der Waals surface area contributed by atoms with Crippen LogP contribution in [0, 0.1) is 6.92 Å². The molecule has 0 amide bonds. The molecule has 0 aliphatic rings. The number of aliphatic hydroxyl groups excluding tert-OH is 1. The highest BCUT2D eigenvalue weighted by Crippen LogP contribution is 2.07. The van der Waals surface area contributed by atoms with Crippen LogP contribution in [0.5, 0.6) is 5.75 Å². The summed E-state index contributed by atoms with van der Waals surface area (Å²) in [5, 5.41) is 17.1. The highest BCUT2D eigenvalue weighted by atomic mass is 32.2. The van der Waals surface area contributed by atoms with E-state index in [1.165, 1.54) is 5.56 Å².